The molecule has 1 rings (SSSR count). The Morgan fingerprint density at radius 1 is 1.30 bits per heavy atom. The zero-order chi connectivity index (χ0) is 7.72. The maximum Gasteiger partial charge on any atom is 0.237 e. The molecule has 5 heteroatoms. The second-order valence-corrected chi connectivity index (χ2v) is 1.82. The molecule has 0 amide bonds. The summed E-state index contributed by atoms with van der Waals surface area (Å²) in [6.07, 6.45) is 0. The van der Waals surface area contributed by atoms with Crippen molar-refractivity contribution in [1.29, 1.82) is 0 Å². The van der Waals surface area contributed by atoms with Gasteiger partial charge in [-0.3, -0.25) is 0 Å². The van der Waals surface area contributed by atoms with Crippen molar-refractivity contribution in [2.75, 3.05) is 0 Å². The number of halogens is 4. The number of pyridine rings is 1. The molecule has 1 nitrogen and oxygen atoms in total. The van der Waals surface area contributed by atoms with E-state index in [9.17, 15) is 13.2 Å². The van der Waals surface area contributed by atoms with E-state index in [0.29, 0.717) is 0 Å². The lowest BCUT2D eigenvalue weighted by atomic mass is 10.4. The number of hydrogen-bond acceptors (Lipinski definition) is 1. The van der Waals surface area contributed by atoms with Crippen LogP contribution in [0.25, 0.3) is 0 Å². The highest BCUT2D eigenvalue weighted by Crippen LogP contribution is 2.15. The van der Waals surface area contributed by atoms with Gasteiger partial charge in [0.05, 0.1) is 6.07 Å². The summed E-state index contributed by atoms with van der Waals surface area (Å²) in [6.45, 7) is 0. The first-order chi connectivity index (χ1) is 4.61. The highest BCUT2D eigenvalue weighted by atomic mass is 35.5. The van der Waals surface area contributed by atoms with E-state index in [1.165, 1.54) is 6.07 Å². The van der Waals surface area contributed by atoms with E-state index in [1.54, 1.807) is 0 Å². The monoisotopic (exact) mass is 166 g/mol. The van der Waals surface area contributed by atoms with Gasteiger partial charge in [-0.05, 0) is 0 Å². The van der Waals surface area contributed by atoms with Crippen LogP contribution in [-0.4, -0.2) is 4.98 Å². The number of hydrogen-bond donors (Lipinski definition) is 0. The van der Waals surface area contributed by atoms with Crippen molar-refractivity contribution >= 4 is 11.6 Å². The molecule has 0 aromatic carbocycles. The summed E-state index contributed by atoms with van der Waals surface area (Å²) in [5.74, 6) is -3.98. The standard InChI is InChI=1S/C5ClF3N/c6-4-2(7)1-3(8)10-5(4)9. The topological polar surface area (TPSA) is 12.9 Å². The van der Waals surface area contributed by atoms with Gasteiger partial charge in [-0.2, -0.15) is 13.8 Å². The molecule has 0 fully saturated rings. The van der Waals surface area contributed by atoms with E-state index in [1.807, 2.05) is 0 Å². The summed E-state index contributed by atoms with van der Waals surface area (Å²) < 4.78 is 36.1. The summed E-state index contributed by atoms with van der Waals surface area (Å²) in [4.78, 5) is 2.57. The molecule has 53 valence electrons. The van der Waals surface area contributed by atoms with E-state index in [-0.39, 0.29) is 0 Å². The van der Waals surface area contributed by atoms with Gasteiger partial charge in [0.15, 0.2) is 5.82 Å². The Kier molecular flexibility index (Phi) is 1.80. The SMILES string of the molecule is Fc1[c]c(F)c(Cl)c(F)n1. The van der Waals surface area contributed by atoms with Crippen LogP contribution in [0.2, 0.25) is 5.02 Å². The molecule has 0 unspecified atom stereocenters. The average molecular weight is 167 g/mol. The van der Waals surface area contributed by atoms with Crippen LogP contribution < -0.4 is 0 Å². The maximum absolute atomic E-state index is 12.1. The molecule has 0 N–H and O–H groups in total. The molecule has 0 aliphatic carbocycles. The number of nitrogens with zero attached hydrogens (tertiary/aromatic N) is 1. The fourth-order valence-electron chi connectivity index (χ4n) is 0.399. The Bertz CT molecular complexity index is 240. The van der Waals surface area contributed by atoms with Crippen molar-refractivity contribution in [3.63, 3.8) is 0 Å². The summed E-state index contributed by atoms with van der Waals surface area (Å²) in [5, 5.41) is -0.846. The normalized spacial score (nSPS) is 10.0. The van der Waals surface area contributed by atoms with Crippen molar-refractivity contribution in [2.45, 2.75) is 0 Å². The minimum atomic E-state index is -1.37. The lowest BCUT2D eigenvalue weighted by molar-refractivity contribution is 0.485. The summed E-state index contributed by atoms with van der Waals surface area (Å²) in [5.41, 5.74) is 0. The Morgan fingerprint density at radius 3 is 2.40 bits per heavy atom. The molecule has 0 saturated heterocycles. The predicted molar refractivity (Wildman–Crippen MR) is 28.0 cm³/mol. The van der Waals surface area contributed by atoms with Crippen LogP contribution in [0.4, 0.5) is 13.2 Å². The Morgan fingerprint density at radius 2 is 1.90 bits per heavy atom. The third kappa shape index (κ3) is 1.21. The highest BCUT2D eigenvalue weighted by molar-refractivity contribution is 6.30. The van der Waals surface area contributed by atoms with Gasteiger partial charge in [0.25, 0.3) is 0 Å². The van der Waals surface area contributed by atoms with Gasteiger partial charge in [0.2, 0.25) is 11.9 Å². The zero-order valence-corrected chi connectivity index (χ0v) is 5.22. The molecule has 0 aliphatic heterocycles. The van der Waals surface area contributed by atoms with Gasteiger partial charge in [-0.15, -0.1) is 0 Å². The van der Waals surface area contributed by atoms with Gasteiger partial charge in [-0.1, -0.05) is 11.6 Å². The Labute approximate surface area is 59.5 Å². The Balaban J connectivity index is 3.31. The molecular weight excluding hydrogens is 167 g/mol. The van der Waals surface area contributed by atoms with E-state index in [2.05, 4.69) is 4.98 Å². The van der Waals surface area contributed by atoms with Gasteiger partial charge < -0.3 is 0 Å². The minimum Gasteiger partial charge on any atom is -0.204 e. The van der Waals surface area contributed by atoms with Crippen LogP contribution in [0.15, 0.2) is 0 Å². The summed E-state index contributed by atoms with van der Waals surface area (Å²) >= 11 is 4.94. The summed E-state index contributed by atoms with van der Waals surface area (Å²) in [7, 11) is 0. The molecule has 0 atom stereocenters. The quantitative estimate of drug-likeness (QED) is 0.537. The molecule has 0 spiro atoms. The second kappa shape index (κ2) is 2.46. The van der Waals surface area contributed by atoms with E-state index < -0.39 is 22.7 Å². The minimum absolute atomic E-state index is 0.846. The van der Waals surface area contributed by atoms with Crippen LogP contribution in [0, 0.1) is 23.8 Å². The fourth-order valence-corrected chi connectivity index (χ4v) is 0.489. The molecule has 0 saturated carbocycles. The molecular formula is C5ClF3N. The number of aromatic nitrogens is 1. The van der Waals surface area contributed by atoms with Crippen LogP contribution in [0.3, 0.4) is 0 Å². The van der Waals surface area contributed by atoms with Crippen molar-refractivity contribution in [3.8, 4) is 0 Å². The fraction of sp³-hybridized carbons (Fsp3) is 0. The van der Waals surface area contributed by atoms with E-state index >= 15 is 0 Å². The van der Waals surface area contributed by atoms with Gasteiger partial charge in [0, 0.05) is 0 Å². The second-order valence-electron chi connectivity index (χ2n) is 1.45. The van der Waals surface area contributed by atoms with E-state index in [4.69, 9.17) is 11.6 Å². The van der Waals surface area contributed by atoms with Crippen LogP contribution >= 0.6 is 11.6 Å². The van der Waals surface area contributed by atoms with Crippen molar-refractivity contribution in [1.82, 2.24) is 4.98 Å². The molecule has 1 aromatic heterocycles. The lowest BCUT2D eigenvalue weighted by Crippen LogP contribution is -1.92. The smallest absolute Gasteiger partial charge is 0.204 e. The molecule has 1 heterocycles. The predicted octanol–water partition coefficient (Wildman–Crippen LogP) is 1.95. The largest absolute Gasteiger partial charge is 0.237 e. The molecule has 1 aromatic rings. The van der Waals surface area contributed by atoms with Crippen molar-refractivity contribution in [2.24, 2.45) is 0 Å². The first-order valence-electron chi connectivity index (χ1n) is 2.20. The molecule has 10 heavy (non-hydrogen) atoms. The third-order valence-electron chi connectivity index (χ3n) is 0.783. The van der Waals surface area contributed by atoms with Crippen LogP contribution in [0.1, 0.15) is 0 Å². The van der Waals surface area contributed by atoms with Gasteiger partial charge in [-0.25, -0.2) is 4.39 Å². The summed E-state index contributed by atoms with van der Waals surface area (Å²) in [6, 6.07) is 1.46. The van der Waals surface area contributed by atoms with Gasteiger partial charge in [0.1, 0.15) is 5.02 Å². The van der Waals surface area contributed by atoms with Crippen LogP contribution in [0.5, 0.6) is 0 Å². The number of rotatable bonds is 0. The average Bonchev–Trinajstić information content (AvgIpc) is 1.82. The molecule has 0 aliphatic rings. The van der Waals surface area contributed by atoms with Crippen molar-refractivity contribution < 1.29 is 13.2 Å². The van der Waals surface area contributed by atoms with Crippen LogP contribution in [-0.2, 0) is 0 Å². The lowest BCUT2D eigenvalue weighted by Gasteiger charge is -1.92. The molecule has 1 radical (unpaired) electrons. The molecule has 0 bridgehead atoms. The van der Waals surface area contributed by atoms with E-state index in [0.717, 1.165) is 0 Å². The zero-order valence-electron chi connectivity index (χ0n) is 4.46. The van der Waals surface area contributed by atoms with Gasteiger partial charge >= 0.3 is 0 Å². The third-order valence-corrected chi connectivity index (χ3v) is 1.10. The first kappa shape index (κ1) is 7.34. The first-order valence-corrected chi connectivity index (χ1v) is 2.58. The Hall–Kier alpha value is -0.770. The van der Waals surface area contributed by atoms with Crippen molar-refractivity contribution in [3.05, 3.63) is 28.8 Å². The highest BCUT2D eigenvalue weighted by Gasteiger charge is 2.09. The maximum atomic E-state index is 12.1.